The predicted octanol–water partition coefficient (Wildman–Crippen LogP) is 3.27. The van der Waals surface area contributed by atoms with Crippen LogP contribution in [0.3, 0.4) is 0 Å². The van der Waals surface area contributed by atoms with E-state index in [-0.39, 0.29) is 42.7 Å². The van der Waals surface area contributed by atoms with Gasteiger partial charge >= 0.3 is 5.97 Å². The fraction of sp³-hybridized carbons (Fsp3) is 0.731. The zero-order valence-electron chi connectivity index (χ0n) is 45.0. The van der Waals surface area contributed by atoms with E-state index in [1.54, 1.807) is 70.5 Å². The standard InChI is InChI=1S/C26H42N4O5S.C16H23NO6S.C10H21N3/c1-20-16-24(34-4)17-21(2)26(20)36(32,33)30-9-5-6-23(30)18-35-19-25(31)29-14-12-28(13-15-29)22-7-10-27(3)11-8-22;1-11-7-14(22-3)8-12(2)16(11)24(20,21)17-6-4-5-13(17)9-23-10-15(18)19;1-12-6-2-10(3-7-12)13-8-4-11-5-9-13/h16-17,22-23H,5-15,18-19H2,1-4H3;7-8,13H,4-6,9-10H2,1-3H3,(H,18,19);10-11H,2-9H2,1H3. The first-order valence-corrected chi connectivity index (χ1v) is 29.3. The van der Waals surface area contributed by atoms with Crippen molar-refractivity contribution < 1.29 is 50.5 Å². The number of amides is 1. The van der Waals surface area contributed by atoms with Gasteiger partial charge in [-0.25, -0.2) is 21.6 Å². The summed E-state index contributed by atoms with van der Waals surface area (Å²) in [4.78, 5) is 35.9. The first kappa shape index (κ1) is 58.8. The molecule has 6 fully saturated rings. The quantitative estimate of drug-likeness (QED) is 0.249. The van der Waals surface area contributed by atoms with Gasteiger partial charge < -0.3 is 44.1 Å². The Hall–Kier alpha value is -3.48. The number of carbonyl (C=O) groups is 2. The number of benzene rings is 2. The van der Waals surface area contributed by atoms with Crippen molar-refractivity contribution >= 4 is 31.9 Å². The Bertz CT molecular complexity index is 2280. The van der Waals surface area contributed by atoms with E-state index in [0.29, 0.717) is 64.2 Å². The molecule has 2 atom stereocenters. The van der Waals surface area contributed by atoms with Crippen molar-refractivity contribution in [3.8, 4) is 11.5 Å². The number of carboxylic acid groups (broad SMARTS) is 1. The van der Waals surface area contributed by atoms with Gasteiger partial charge in [-0.3, -0.25) is 14.6 Å². The highest BCUT2D eigenvalue weighted by molar-refractivity contribution is 7.89. The molecule has 0 bridgehead atoms. The smallest absolute Gasteiger partial charge is 0.329 e. The summed E-state index contributed by atoms with van der Waals surface area (Å²) >= 11 is 0. The fourth-order valence-electron chi connectivity index (χ4n) is 11.4. The van der Waals surface area contributed by atoms with Gasteiger partial charge in [-0.1, -0.05) is 0 Å². The normalized spacial score (nSPS) is 22.9. The summed E-state index contributed by atoms with van der Waals surface area (Å²) in [5.41, 5.74) is 2.61. The largest absolute Gasteiger partial charge is 0.497 e. The molecule has 6 aliphatic heterocycles. The monoisotopic (exact) mass is 1060 g/mol. The van der Waals surface area contributed by atoms with E-state index >= 15 is 0 Å². The van der Waals surface area contributed by atoms with Gasteiger partial charge in [-0.15, -0.1) is 0 Å². The van der Waals surface area contributed by atoms with E-state index in [0.717, 1.165) is 64.6 Å². The van der Waals surface area contributed by atoms with Crippen LogP contribution in [0.5, 0.6) is 11.5 Å². The molecule has 73 heavy (non-hydrogen) atoms. The van der Waals surface area contributed by atoms with E-state index in [9.17, 15) is 26.4 Å². The summed E-state index contributed by atoms with van der Waals surface area (Å²) in [6.45, 7) is 20.9. The van der Waals surface area contributed by atoms with E-state index in [1.807, 2.05) is 4.90 Å². The van der Waals surface area contributed by atoms with Crippen molar-refractivity contribution in [2.75, 3.05) is 146 Å². The number of methoxy groups -OCH3 is 2. The Morgan fingerprint density at radius 1 is 0.562 bits per heavy atom. The molecule has 6 saturated heterocycles. The summed E-state index contributed by atoms with van der Waals surface area (Å²) < 4.78 is 77.7. The van der Waals surface area contributed by atoms with Crippen LogP contribution in [0.4, 0.5) is 0 Å². The average Bonchev–Trinajstić information content (AvgIpc) is 4.06. The van der Waals surface area contributed by atoms with Crippen molar-refractivity contribution in [2.24, 2.45) is 0 Å². The molecule has 0 aliphatic carbocycles. The number of sulfonamides is 2. The average molecular weight is 1060 g/mol. The van der Waals surface area contributed by atoms with Gasteiger partial charge in [-0.05, 0) is 166 Å². The van der Waals surface area contributed by atoms with Gasteiger partial charge in [0.15, 0.2) is 0 Å². The fourth-order valence-corrected chi connectivity index (χ4v) is 15.6. The highest BCUT2D eigenvalue weighted by Gasteiger charge is 2.39. The molecule has 0 radical (unpaired) electrons. The van der Waals surface area contributed by atoms with Crippen molar-refractivity contribution in [1.29, 1.82) is 0 Å². The van der Waals surface area contributed by atoms with Gasteiger partial charge in [0.25, 0.3) is 0 Å². The lowest BCUT2D eigenvalue weighted by molar-refractivity contribution is -0.142. The van der Waals surface area contributed by atoms with Gasteiger partial charge in [0.2, 0.25) is 26.0 Å². The second kappa shape index (κ2) is 27.5. The molecule has 8 rings (SSSR count). The van der Waals surface area contributed by atoms with Crippen molar-refractivity contribution in [3.63, 3.8) is 0 Å². The molecule has 2 unspecified atom stereocenters. The molecule has 412 valence electrons. The van der Waals surface area contributed by atoms with Crippen LogP contribution in [0.25, 0.3) is 0 Å². The second-order valence-electron chi connectivity index (χ2n) is 20.7. The third-order valence-electron chi connectivity index (χ3n) is 15.4. The van der Waals surface area contributed by atoms with E-state index in [4.69, 9.17) is 24.1 Å². The molecule has 21 heteroatoms. The lowest BCUT2D eigenvalue weighted by atomic mass is 10.0. The third kappa shape index (κ3) is 15.8. The zero-order valence-corrected chi connectivity index (χ0v) is 46.6. The lowest BCUT2D eigenvalue weighted by Gasteiger charge is -2.42. The minimum absolute atomic E-state index is 0.000791. The summed E-state index contributed by atoms with van der Waals surface area (Å²) in [6, 6.07) is 7.82. The maximum absolute atomic E-state index is 13.6. The number of hydrogen-bond donors (Lipinski definition) is 2. The topological polar surface area (TPSA) is 194 Å². The number of carboxylic acids is 1. The minimum Gasteiger partial charge on any atom is -0.497 e. The number of piperazine rings is 2. The lowest BCUT2D eigenvalue weighted by Crippen LogP contribution is -2.54. The van der Waals surface area contributed by atoms with Gasteiger partial charge in [0, 0.05) is 89.6 Å². The molecular weight excluding hydrogens is 977 g/mol. The summed E-state index contributed by atoms with van der Waals surface area (Å²) in [5.74, 6) is 0.194. The van der Waals surface area contributed by atoms with Crippen molar-refractivity contribution in [1.82, 2.24) is 38.4 Å². The molecule has 6 aliphatic rings. The predicted molar refractivity (Wildman–Crippen MR) is 282 cm³/mol. The molecule has 0 spiro atoms. The van der Waals surface area contributed by atoms with Crippen molar-refractivity contribution in [3.05, 3.63) is 46.5 Å². The number of nitrogens with one attached hydrogen (secondary N) is 1. The Morgan fingerprint density at radius 2 is 0.945 bits per heavy atom. The summed E-state index contributed by atoms with van der Waals surface area (Å²) in [5, 5.41) is 12.1. The molecule has 2 aromatic rings. The molecule has 2 N–H and O–H groups in total. The molecule has 0 saturated carbocycles. The van der Waals surface area contributed by atoms with Crippen molar-refractivity contribution in [2.45, 2.75) is 113 Å². The number of ether oxygens (including phenoxy) is 4. The first-order chi connectivity index (χ1) is 34.8. The highest BCUT2D eigenvalue weighted by atomic mass is 32.2. The van der Waals surface area contributed by atoms with Gasteiger partial charge in [0.05, 0.1) is 37.2 Å². The van der Waals surface area contributed by atoms with Gasteiger partial charge in [-0.2, -0.15) is 8.61 Å². The Balaban J connectivity index is 0.000000200. The van der Waals surface area contributed by atoms with Crippen LogP contribution in [0.2, 0.25) is 0 Å². The number of aliphatic carboxylic acids is 1. The summed E-state index contributed by atoms with van der Waals surface area (Å²) in [7, 11) is 0.175. The number of carbonyl (C=O) groups excluding carboxylic acids is 1. The third-order valence-corrected chi connectivity index (χ3v) is 19.9. The first-order valence-electron chi connectivity index (χ1n) is 26.4. The Kier molecular flexibility index (Phi) is 22.2. The number of nitrogens with zero attached hydrogens (tertiary/aromatic N) is 7. The highest BCUT2D eigenvalue weighted by Crippen LogP contribution is 2.34. The van der Waals surface area contributed by atoms with Crippen LogP contribution in [0.15, 0.2) is 34.1 Å². The number of hydrogen-bond acceptors (Lipinski definition) is 15. The van der Waals surface area contributed by atoms with E-state index in [1.165, 1.54) is 69.3 Å². The number of rotatable bonds is 16. The Morgan fingerprint density at radius 3 is 1.33 bits per heavy atom. The maximum atomic E-state index is 13.6. The van der Waals surface area contributed by atoms with Crippen LogP contribution in [-0.2, 0) is 39.1 Å². The van der Waals surface area contributed by atoms with Crippen LogP contribution in [0, 0.1) is 27.7 Å². The van der Waals surface area contributed by atoms with Gasteiger partial charge in [0.1, 0.15) is 24.7 Å². The van der Waals surface area contributed by atoms with E-state index in [2.05, 4.69) is 39.0 Å². The van der Waals surface area contributed by atoms with Crippen LogP contribution < -0.4 is 14.8 Å². The van der Waals surface area contributed by atoms with Crippen LogP contribution in [-0.4, -0.2) is 237 Å². The SMILES string of the molecule is CN1CCC(N2CCNCC2)CC1.COc1cc(C)c(S(=O)(=O)N2CCCC2COCC(=O)N2CCN(C3CCN(C)CC3)CC2)c(C)c1.COc1cc(C)c(S(=O)(=O)N2CCCC2COCC(=O)O)c(C)c1. The zero-order chi connectivity index (χ0) is 52.9. The Labute approximate surface area is 436 Å². The molecule has 0 aromatic heterocycles. The van der Waals surface area contributed by atoms with Crippen LogP contribution in [0.1, 0.15) is 73.6 Å². The van der Waals surface area contributed by atoms with Crippen LogP contribution >= 0.6 is 0 Å². The summed E-state index contributed by atoms with van der Waals surface area (Å²) in [6.07, 6.45) is 8.05. The molecule has 6 heterocycles. The number of aryl methyl sites for hydroxylation is 4. The molecule has 19 nitrogen and oxygen atoms in total. The van der Waals surface area contributed by atoms with E-state index < -0.39 is 32.6 Å². The molecule has 2 aromatic carbocycles. The number of likely N-dealkylation sites (tertiary alicyclic amines) is 2. The number of piperidine rings is 2. The maximum Gasteiger partial charge on any atom is 0.329 e. The molecular formula is C52H86N8O11S2. The molecule has 1 amide bonds. The second-order valence-corrected chi connectivity index (χ2v) is 24.4. The minimum atomic E-state index is -3.67.